The van der Waals surface area contributed by atoms with E-state index in [0.29, 0.717) is 40.6 Å². The zero-order valence-electron chi connectivity index (χ0n) is 30.9. The molecule has 49 heavy (non-hydrogen) atoms. The quantitative estimate of drug-likeness (QED) is 0.143. The van der Waals surface area contributed by atoms with E-state index >= 15 is 0 Å². The van der Waals surface area contributed by atoms with E-state index in [0.717, 1.165) is 53.9 Å². The van der Waals surface area contributed by atoms with Gasteiger partial charge in [0.15, 0.2) is 0 Å². The summed E-state index contributed by atoms with van der Waals surface area (Å²) in [6, 6.07) is 10.5. The van der Waals surface area contributed by atoms with Gasteiger partial charge in [-0.1, -0.05) is 95.9 Å². The Morgan fingerprint density at radius 2 is 1.84 bits per heavy atom. The van der Waals surface area contributed by atoms with Gasteiger partial charge in [0.25, 0.3) is 5.70 Å². The highest BCUT2D eigenvalue weighted by atomic mass is 16.5. The zero-order valence-corrected chi connectivity index (χ0v) is 30.9. The SMILES string of the molecule is [C-]#[N+]C(C#N)=C1C=C(C)OC(C=Cc2ccc(COC3CC[C@@]4(C)C(=CC[C@H]5[C@@H]6CC[C@H]([C@H](C)CCCC(C)C)[C@@]6(C)CC[C@@H]54)C3)cc2)=C1. The second kappa shape index (κ2) is 14.9. The molecule has 1 aromatic rings. The monoisotopic (exact) mass is 658 g/mol. The van der Waals surface area contributed by atoms with Crippen LogP contribution in [0.3, 0.4) is 0 Å². The lowest BCUT2D eigenvalue weighted by Gasteiger charge is -2.58. The summed E-state index contributed by atoms with van der Waals surface area (Å²) in [6.07, 6.45) is 25.1. The Morgan fingerprint density at radius 3 is 2.57 bits per heavy atom. The number of rotatable bonds is 10. The van der Waals surface area contributed by atoms with Crippen molar-refractivity contribution in [3.05, 3.63) is 99.5 Å². The van der Waals surface area contributed by atoms with Crippen LogP contribution in [0.15, 0.2) is 76.9 Å². The van der Waals surface area contributed by atoms with Crippen molar-refractivity contribution in [2.45, 2.75) is 125 Å². The maximum atomic E-state index is 9.25. The van der Waals surface area contributed by atoms with Crippen molar-refractivity contribution in [3.63, 3.8) is 0 Å². The Balaban J connectivity index is 1.03. The molecule has 0 radical (unpaired) electrons. The summed E-state index contributed by atoms with van der Waals surface area (Å²) in [6.45, 7) is 22.4. The Bertz CT molecular complexity index is 1590. The van der Waals surface area contributed by atoms with E-state index in [1.165, 1.54) is 63.4 Å². The maximum absolute atomic E-state index is 9.25. The van der Waals surface area contributed by atoms with Gasteiger partial charge in [0.2, 0.25) is 0 Å². The van der Waals surface area contributed by atoms with Gasteiger partial charge in [-0.05, 0) is 140 Å². The molecule has 0 bridgehead atoms. The van der Waals surface area contributed by atoms with Crippen molar-refractivity contribution in [2.75, 3.05) is 0 Å². The Hall–Kier alpha value is -3.34. The second-order valence-corrected chi connectivity index (χ2v) is 17.0. The van der Waals surface area contributed by atoms with Gasteiger partial charge in [0, 0.05) is 0 Å². The van der Waals surface area contributed by atoms with Gasteiger partial charge in [0.1, 0.15) is 11.5 Å². The van der Waals surface area contributed by atoms with Gasteiger partial charge in [-0.15, -0.1) is 0 Å². The number of allylic oxidation sites excluding steroid dienone is 7. The topological polar surface area (TPSA) is 46.6 Å². The summed E-state index contributed by atoms with van der Waals surface area (Å²) >= 11 is 0. The third-order valence-electron chi connectivity index (χ3n) is 13.6. The van der Waals surface area contributed by atoms with Crippen LogP contribution in [0.4, 0.5) is 0 Å². The third kappa shape index (κ3) is 7.42. The number of ether oxygens (including phenoxy) is 2. The molecule has 1 unspecified atom stereocenters. The molecule has 3 fully saturated rings. The number of fused-ring (bicyclic) bond motifs is 5. The van der Waals surface area contributed by atoms with E-state index in [1.807, 2.05) is 25.1 Å². The first-order valence-corrected chi connectivity index (χ1v) is 19.2. The minimum absolute atomic E-state index is 0.0704. The van der Waals surface area contributed by atoms with Crippen molar-refractivity contribution in [3.8, 4) is 6.07 Å². The van der Waals surface area contributed by atoms with Crippen LogP contribution >= 0.6 is 0 Å². The number of hydrogen-bond acceptors (Lipinski definition) is 3. The molecule has 260 valence electrons. The van der Waals surface area contributed by atoms with Crippen molar-refractivity contribution < 1.29 is 9.47 Å². The highest BCUT2D eigenvalue weighted by Gasteiger charge is 2.59. The van der Waals surface area contributed by atoms with Crippen molar-refractivity contribution >= 4 is 6.08 Å². The molecular formula is C45H58N2O2. The fourth-order valence-electron chi connectivity index (χ4n) is 10.9. The van der Waals surface area contributed by atoms with E-state index in [-0.39, 0.29) is 5.70 Å². The summed E-state index contributed by atoms with van der Waals surface area (Å²) in [4.78, 5) is 3.33. The zero-order chi connectivity index (χ0) is 34.8. The minimum atomic E-state index is 0.0704. The number of nitrogens with zero attached hydrogens (tertiary/aromatic N) is 2. The molecule has 4 nitrogen and oxygen atoms in total. The first kappa shape index (κ1) is 35.5. The van der Waals surface area contributed by atoms with Gasteiger partial charge in [-0.2, -0.15) is 0 Å². The van der Waals surface area contributed by atoms with Crippen LogP contribution in [0.1, 0.15) is 123 Å². The average molecular weight is 659 g/mol. The van der Waals surface area contributed by atoms with Crippen molar-refractivity contribution in [1.82, 2.24) is 0 Å². The molecule has 4 aliphatic carbocycles. The van der Waals surface area contributed by atoms with Crippen LogP contribution in [0.2, 0.25) is 0 Å². The molecule has 1 aliphatic heterocycles. The largest absolute Gasteiger partial charge is 0.462 e. The van der Waals surface area contributed by atoms with E-state index in [2.05, 4.69) is 69.8 Å². The fraction of sp³-hybridized carbons (Fsp3) is 0.600. The Kier molecular flexibility index (Phi) is 10.8. The van der Waals surface area contributed by atoms with Crippen LogP contribution in [0, 0.1) is 64.2 Å². The van der Waals surface area contributed by atoms with E-state index < -0.39 is 0 Å². The molecule has 4 heteroatoms. The summed E-state index contributed by atoms with van der Waals surface area (Å²) in [5.74, 6) is 6.53. The van der Waals surface area contributed by atoms with Gasteiger partial charge >= 0.3 is 0 Å². The van der Waals surface area contributed by atoms with Gasteiger partial charge in [-0.25, -0.2) is 10.1 Å². The number of benzene rings is 1. The molecule has 1 aromatic carbocycles. The summed E-state index contributed by atoms with van der Waals surface area (Å²) in [5.41, 5.74) is 5.51. The molecule has 6 rings (SSSR count). The summed E-state index contributed by atoms with van der Waals surface area (Å²) in [7, 11) is 0. The second-order valence-electron chi connectivity index (χ2n) is 17.0. The minimum Gasteiger partial charge on any atom is -0.462 e. The van der Waals surface area contributed by atoms with Gasteiger partial charge in [0.05, 0.1) is 25.4 Å². The van der Waals surface area contributed by atoms with E-state index in [1.54, 1.807) is 17.7 Å². The van der Waals surface area contributed by atoms with Crippen LogP contribution < -0.4 is 0 Å². The number of hydrogen-bond donors (Lipinski definition) is 0. The van der Waals surface area contributed by atoms with Crippen molar-refractivity contribution in [1.29, 1.82) is 5.26 Å². The Labute approximate surface area is 296 Å². The molecule has 3 saturated carbocycles. The molecule has 1 heterocycles. The predicted octanol–water partition coefficient (Wildman–Crippen LogP) is 12.1. The lowest BCUT2D eigenvalue weighted by atomic mass is 9.47. The fourth-order valence-corrected chi connectivity index (χ4v) is 10.9. The van der Waals surface area contributed by atoms with Crippen LogP contribution in [0.25, 0.3) is 10.9 Å². The number of nitriles is 1. The van der Waals surface area contributed by atoms with Crippen LogP contribution in [-0.2, 0) is 16.1 Å². The molecule has 0 amide bonds. The lowest BCUT2D eigenvalue weighted by Crippen LogP contribution is -2.51. The first-order chi connectivity index (χ1) is 23.5. The Morgan fingerprint density at radius 1 is 1.04 bits per heavy atom. The molecule has 0 N–H and O–H groups in total. The van der Waals surface area contributed by atoms with E-state index in [4.69, 9.17) is 16.0 Å². The summed E-state index contributed by atoms with van der Waals surface area (Å²) < 4.78 is 12.4. The molecular weight excluding hydrogens is 601 g/mol. The molecule has 5 aliphatic rings. The normalized spacial score (nSPS) is 34.0. The van der Waals surface area contributed by atoms with Crippen molar-refractivity contribution in [2.24, 2.45) is 46.3 Å². The molecule has 0 saturated heterocycles. The summed E-state index contributed by atoms with van der Waals surface area (Å²) in [5, 5.41) is 9.25. The highest BCUT2D eigenvalue weighted by Crippen LogP contribution is 2.67. The standard InChI is InChI=1S/C45H58N2O2/c1-30(2)9-8-10-31(3)40-19-20-41-39-18-16-36-27-37(21-23-44(36,5)42(39)22-24-45(40,41)6)48-29-34-13-11-33(12-14-34)15-17-38-26-35(25-32(4)49-38)43(28-46)47-7/h11-17,25-26,30-31,37,39-42H,8-10,18-24,27,29H2,1-6H3/t31-,37?,39+,40-,41+,42+,44+,45-/m1/s1. The highest BCUT2D eigenvalue weighted by molar-refractivity contribution is 5.56. The first-order valence-electron chi connectivity index (χ1n) is 19.2. The predicted molar refractivity (Wildman–Crippen MR) is 199 cm³/mol. The van der Waals surface area contributed by atoms with E-state index in [9.17, 15) is 5.26 Å². The lowest BCUT2D eigenvalue weighted by molar-refractivity contribution is -0.0656. The maximum Gasteiger partial charge on any atom is 0.269 e. The third-order valence-corrected chi connectivity index (χ3v) is 13.6. The van der Waals surface area contributed by atoms with Gasteiger partial charge < -0.3 is 9.47 Å². The molecule has 8 atom stereocenters. The molecule has 0 aromatic heterocycles. The van der Waals surface area contributed by atoms with Crippen LogP contribution in [-0.4, -0.2) is 6.10 Å². The average Bonchev–Trinajstić information content (AvgIpc) is 3.44. The molecule has 0 spiro atoms. The van der Waals surface area contributed by atoms with Crippen LogP contribution in [0.5, 0.6) is 0 Å². The smallest absolute Gasteiger partial charge is 0.269 e. The van der Waals surface area contributed by atoms with Gasteiger partial charge in [-0.3, -0.25) is 0 Å².